The highest BCUT2D eigenvalue weighted by molar-refractivity contribution is 6.04. The van der Waals surface area contributed by atoms with Gasteiger partial charge in [0.1, 0.15) is 11.3 Å². The SMILES string of the molecule is O=C(COc1ccc2c(c1)oc(=O)c1ccccc12)NCC1CCCO1. The van der Waals surface area contributed by atoms with E-state index < -0.39 is 0 Å². The van der Waals surface area contributed by atoms with Crippen LogP contribution in [0.25, 0.3) is 21.7 Å². The van der Waals surface area contributed by atoms with Crippen molar-refractivity contribution in [2.24, 2.45) is 0 Å². The van der Waals surface area contributed by atoms with Crippen LogP contribution in [0, 0.1) is 0 Å². The first kappa shape index (κ1) is 16.6. The van der Waals surface area contributed by atoms with E-state index in [0.717, 1.165) is 30.2 Å². The highest BCUT2D eigenvalue weighted by Crippen LogP contribution is 2.26. The Bertz CT molecular complexity index is 1000. The molecule has 1 saturated heterocycles. The standard InChI is InChI=1S/C20H19NO5/c22-19(21-11-14-4-3-9-24-14)12-25-13-7-8-16-15-5-1-2-6-17(15)20(23)26-18(16)10-13/h1-2,5-8,10,14H,3-4,9,11-12H2,(H,21,22). The number of carbonyl (C=O) groups is 1. The number of rotatable bonds is 5. The van der Waals surface area contributed by atoms with Crippen LogP contribution in [0.3, 0.4) is 0 Å². The maximum absolute atomic E-state index is 12.1. The van der Waals surface area contributed by atoms with Crippen LogP contribution in [0.1, 0.15) is 12.8 Å². The van der Waals surface area contributed by atoms with Gasteiger partial charge in [-0.2, -0.15) is 0 Å². The molecule has 26 heavy (non-hydrogen) atoms. The van der Waals surface area contributed by atoms with Crippen molar-refractivity contribution in [1.29, 1.82) is 0 Å². The van der Waals surface area contributed by atoms with E-state index in [2.05, 4.69) is 5.32 Å². The fourth-order valence-electron chi connectivity index (χ4n) is 3.18. The number of fused-ring (bicyclic) bond motifs is 3. The third-order valence-electron chi connectivity index (χ3n) is 4.51. The van der Waals surface area contributed by atoms with Gasteiger partial charge >= 0.3 is 5.63 Å². The summed E-state index contributed by atoms with van der Waals surface area (Å²) in [6, 6.07) is 12.5. The second-order valence-electron chi connectivity index (χ2n) is 6.32. The number of hydrogen-bond acceptors (Lipinski definition) is 5. The van der Waals surface area contributed by atoms with Gasteiger partial charge < -0.3 is 19.2 Å². The van der Waals surface area contributed by atoms with E-state index in [-0.39, 0.29) is 24.2 Å². The molecule has 1 aliphatic heterocycles. The summed E-state index contributed by atoms with van der Waals surface area (Å²) in [5.41, 5.74) is 0.0468. The summed E-state index contributed by atoms with van der Waals surface area (Å²) in [4.78, 5) is 24.0. The van der Waals surface area contributed by atoms with Gasteiger partial charge in [0, 0.05) is 24.6 Å². The molecule has 6 heteroatoms. The molecule has 2 heterocycles. The topological polar surface area (TPSA) is 77.8 Å². The van der Waals surface area contributed by atoms with Crippen LogP contribution in [-0.2, 0) is 9.53 Å². The van der Waals surface area contributed by atoms with Crippen LogP contribution >= 0.6 is 0 Å². The number of benzene rings is 2. The third-order valence-corrected chi connectivity index (χ3v) is 4.51. The van der Waals surface area contributed by atoms with Crippen LogP contribution in [-0.4, -0.2) is 31.8 Å². The lowest BCUT2D eigenvalue weighted by Crippen LogP contribution is -2.35. The van der Waals surface area contributed by atoms with E-state index in [1.165, 1.54) is 0 Å². The molecule has 0 saturated carbocycles. The summed E-state index contributed by atoms with van der Waals surface area (Å²) in [6.07, 6.45) is 2.11. The molecule has 1 N–H and O–H groups in total. The largest absolute Gasteiger partial charge is 0.484 e. The molecule has 4 rings (SSSR count). The Kier molecular flexibility index (Phi) is 4.58. The molecule has 0 aliphatic carbocycles. The van der Waals surface area contributed by atoms with E-state index in [1.54, 1.807) is 24.3 Å². The Labute approximate surface area is 149 Å². The maximum Gasteiger partial charge on any atom is 0.344 e. The van der Waals surface area contributed by atoms with Crippen molar-refractivity contribution in [3.05, 3.63) is 52.9 Å². The maximum atomic E-state index is 12.1. The molecule has 6 nitrogen and oxygen atoms in total. The Balaban J connectivity index is 1.46. The first-order chi connectivity index (χ1) is 12.7. The molecule has 0 radical (unpaired) electrons. The molecule has 1 unspecified atom stereocenters. The quantitative estimate of drug-likeness (QED) is 0.564. The summed E-state index contributed by atoms with van der Waals surface area (Å²) >= 11 is 0. The molecular weight excluding hydrogens is 334 g/mol. The second kappa shape index (κ2) is 7.17. The zero-order valence-corrected chi connectivity index (χ0v) is 14.2. The van der Waals surface area contributed by atoms with Crippen LogP contribution < -0.4 is 15.7 Å². The van der Waals surface area contributed by atoms with Crippen molar-refractivity contribution in [1.82, 2.24) is 5.32 Å². The van der Waals surface area contributed by atoms with Gasteiger partial charge in [-0.25, -0.2) is 4.79 Å². The lowest BCUT2D eigenvalue weighted by atomic mass is 10.1. The highest BCUT2D eigenvalue weighted by Gasteiger charge is 2.16. The first-order valence-electron chi connectivity index (χ1n) is 8.67. The van der Waals surface area contributed by atoms with Gasteiger partial charge in [0.05, 0.1) is 11.5 Å². The molecule has 1 atom stereocenters. The van der Waals surface area contributed by atoms with Crippen LogP contribution in [0.5, 0.6) is 5.75 Å². The third kappa shape index (κ3) is 3.41. The van der Waals surface area contributed by atoms with E-state index in [9.17, 15) is 9.59 Å². The average Bonchev–Trinajstić information content (AvgIpc) is 3.18. The molecule has 1 amide bonds. The number of ether oxygens (including phenoxy) is 2. The minimum absolute atomic E-state index is 0.0992. The lowest BCUT2D eigenvalue weighted by molar-refractivity contribution is -0.123. The smallest absolute Gasteiger partial charge is 0.344 e. The van der Waals surface area contributed by atoms with Crippen molar-refractivity contribution >= 4 is 27.6 Å². The van der Waals surface area contributed by atoms with Crippen LogP contribution in [0.4, 0.5) is 0 Å². The summed E-state index contributed by atoms with van der Waals surface area (Å²) in [5.74, 6) is 0.267. The summed E-state index contributed by atoms with van der Waals surface area (Å²) in [6.45, 7) is 1.16. The monoisotopic (exact) mass is 353 g/mol. The van der Waals surface area contributed by atoms with Gasteiger partial charge in [-0.15, -0.1) is 0 Å². The van der Waals surface area contributed by atoms with E-state index in [0.29, 0.717) is 23.3 Å². The van der Waals surface area contributed by atoms with Crippen molar-refractivity contribution in [2.75, 3.05) is 19.8 Å². The fourth-order valence-corrected chi connectivity index (χ4v) is 3.18. The minimum Gasteiger partial charge on any atom is -0.484 e. The Morgan fingerprint density at radius 3 is 2.81 bits per heavy atom. The average molecular weight is 353 g/mol. The van der Waals surface area contributed by atoms with Gasteiger partial charge in [0.15, 0.2) is 6.61 Å². The second-order valence-corrected chi connectivity index (χ2v) is 6.32. The predicted molar refractivity (Wildman–Crippen MR) is 97.5 cm³/mol. The normalized spacial score (nSPS) is 16.8. The van der Waals surface area contributed by atoms with Crippen molar-refractivity contribution in [2.45, 2.75) is 18.9 Å². The number of carbonyl (C=O) groups excluding carboxylic acids is 1. The molecule has 1 aromatic heterocycles. The van der Waals surface area contributed by atoms with Crippen molar-refractivity contribution in [3.63, 3.8) is 0 Å². The molecular formula is C20H19NO5. The lowest BCUT2D eigenvalue weighted by Gasteiger charge is -2.11. The van der Waals surface area contributed by atoms with Gasteiger partial charge in [0.2, 0.25) is 0 Å². The van der Waals surface area contributed by atoms with E-state index in [1.807, 2.05) is 18.2 Å². The summed E-state index contributed by atoms with van der Waals surface area (Å²) < 4.78 is 16.4. The summed E-state index contributed by atoms with van der Waals surface area (Å²) in [7, 11) is 0. The molecule has 1 aliphatic rings. The number of nitrogens with one attached hydrogen (secondary N) is 1. The van der Waals surface area contributed by atoms with Crippen molar-refractivity contribution < 1.29 is 18.7 Å². The van der Waals surface area contributed by atoms with Crippen LogP contribution in [0.15, 0.2) is 51.7 Å². The molecule has 2 aromatic carbocycles. The summed E-state index contributed by atoms with van der Waals surface area (Å²) in [5, 5.41) is 5.01. The van der Waals surface area contributed by atoms with Crippen molar-refractivity contribution in [3.8, 4) is 5.75 Å². The van der Waals surface area contributed by atoms with Gasteiger partial charge in [-0.1, -0.05) is 18.2 Å². The zero-order chi connectivity index (χ0) is 17.9. The predicted octanol–water partition coefficient (Wildman–Crippen LogP) is 2.62. The fraction of sp³-hybridized carbons (Fsp3) is 0.300. The Morgan fingerprint density at radius 2 is 2.00 bits per heavy atom. The van der Waals surface area contributed by atoms with Gasteiger partial charge in [0.25, 0.3) is 5.91 Å². The first-order valence-corrected chi connectivity index (χ1v) is 8.67. The molecule has 0 spiro atoms. The number of amides is 1. The van der Waals surface area contributed by atoms with E-state index in [4.69, 9.17) is 13.9 Å². The zero-order valence-electron chi connectivity index (χ0n) is 14.2. The molecule has 3 aromatic rings. The Morgan fingerprint density at radius 1 is 1.15 bits per heavy atom. The van der Waals surface area contributed by atoms with Crippen LogP contribution in [0.2, 0.25) is 0 Å². The van der Waals surface area contributed by atoms with Gasteiger partial charge in [-0.05, 0) is 36.4 Å². The minimum atomic E-state index is -0.389. The highest BCUT2D eigenvalue weighted by atomic mass is 16.5. The molecule has 134 valence electrons. The number of hydrogen-bond donors (Lipinski definition) is 1. The molecule has 1 fully saturated rings. The Hall–Kier alpha value is -2.86. The van der Waals surface area contributed by atoms with E-state index >= 15 is 0 Å². The van der Waals surface area contributed by atoms with Gasteiger partial charge in [-0.3, -0.25) is 4.79 Å². The molecule has 0 bridgehead atoms.